The molecule has 0 radical (unpaired) electrons. The summed E-state index contributed by atoms with van der Waals surface area (Å²) < 4.78 is 29.7. The minimum absolute atomic E-state index is 0.00242. The van der Waals surface area contributed by atoms with Gasteiger partial charge in [0.2, 0.25) is 0 Å². The summed E-state index contributed by atoms with van der Waals surface area (Å²) in [7, 11) is -4.00. The van der Waals surface area contributed by atoms with E-state index in [0.717, 1.165) is 0 Å². The molecule has 10 heteroatoms. The summed E-state index contributed by atoms with van der Waals surface area (Å²) in [4.78, 5) is 23.1. The molecule has 166 valence electrons. The maximum absolute atomic E-state index is 12.5. The van der Waals surface area contributed by atoms with E-state index in [1.54, 1.807) is 37.3 Å². The van der Waals surface area contributed by atoms with E-state index in [4.69, 9.17) is 4.18 Å². The maximum atomic E-state index is 12.5. The summed E-state index contributed by atoms with van der Waals surface area (Å²) in [5.41, 5.74) is 0.445. The van der Waals surface area contributed by atoms with Crippen molar-refractivity contribution < 1.29 is 22.3 Å². The Balaban J connectivity index is 1.77. The zero-order valence-corrected chi connectivity index (χ0v) is 18.1. The van der Waals surface area contributed by atoms with Crippen LogP contribution in [0.5, 0.6) is 5.75 Å². The molecule has 1 N–H and O–H groups in total. The van der Waals surface area contributed by atoms with E-state index >= 15 is 0 Å². The predicted molar refractivity (Wildman–Crippen MR) is 121 cm³/mol. The fourth-order valence-corrected chi connectivity index (χ4v) is 3.74. The van der Waals surface area contributed by atoms with Crippen molar-refractivity contribution in [3.05, 3.63) is 99.6 Å². The van der Waals surface area contributed by atoms with E-state index in [1.807, 2.05) is 0 Å². The lowest BCUT2D eigenvalue weighted by molar-refractivity contribution is -0.384. The molecule has 0 spiro atoms. The van der Waals surface area contributed by atoms with E-state index in [9.17, 15) is 28.6 Å². The summed E-state index contributed by atoms with van der Waals surface area (Å²) in [6.07, 6.45) is 1.27. The Morgan fingerprint density at radius 3 is 2.36 bits per heavy atom. The number of carbonyl (C=O) groups excluding carboxylic acids is 1. The zero-order chi connectivity index (χ0) is 24.0. The van der Waals surface area contributed by atoms with Crippen molar-refractivity contribution in [3.8, 4) is 11.8 Å². The molecular weight excluding hydrogens is 446 g/mol. The van der Waals surface area contributed by atoms with Gasteiger partial charge in [-0.1, -0.05) is 36.4 Å². The van der Waals surface area contributed by atoms with Crippen molar-refractivity contribution >= 4 is 33.5 Å². The number of hydrogen-bond donors (Lipinski definition) is 1. The molecule has 33 heavy (non-hydrogen) atoms. The van der Waals surface area contributed by atoms with Crippen LogP contribution in [-0.2, 0) is 14.9 Å². The van der Waals surface area contributed by atoms with Gasteiger partial charge in [-0.05, 0) is 54.5 Å². The van der Waals surface area contributed by atoms with Gasteiger partial charge in [-0.2, -0.15) is 13.7 Å². The molecule has 3 aromatic rings. The summed E-state index contributed by atoms with van der Waals surface area (Å²) in [6, 6.07) is 19.4. The van der Waals surface area contributed by atoms with Crippen molar-refractivity contribution in [3.63, 3.8) is 0 Å². The first-order valence-electron chi connectivity index (χ1n) is 9.47. The molecule has 0 saturated heterocycles. The van der Waals surface area contributed by atoms with Crippen molar-refractivity contribution in [2.24, 2.45) is 0 Å². The molecule has 0 aliphatic heterocycles. The number of benzene rings is 3. The largest absolute Gasteiger partial charge is 0.379 e. The van der Waals surface area contributed by atoms with Gasteiger partial charge in [0, 0.05) is 6.07 Å². The summed E-state index contributed by atoms with van der Waals surface area (Å²) >= 11 is 0. The van der Waals surface area contributed by atoms with Crippen molar-refractivity contribution in [1.82, 2.24) is 0 Å². The number of anilines is 1. The van der Waals surface area contributed by atoms with E-state index in [0.29, 0.717) is 11.1 Å². The maximum Gasteiger partial charge on any atom is 0.339 e. The van der Waals surface area contributed by atoms with Crippen LogP contribution in [0.1, 0.15) is 11.1 Å². The number of amides is 1. The minimum atomic E-state index is -4.00. The standard InChI is InChI=1S/C23H17N3O6S/c1-16-7-12-21(22(13-16)26(28)29)25-23(27)18(15-24)14-17-8-10-19(11-9-17)32-33(30,31)20-5-3-2-4-6-20/h2-14H,1H3,(H,25,27)/b18-14+. The molecule has 0 aromatic heterocycles. The zero-order valence-electron chi connectivity index (χ0n) is 17.3. The second-order valence-electron chi connectivity index (χ2n) is 6.82. The van der Waals surface area contributed by atoms with Crippen molar-refractivity contribution in [2.45, 2.75) is 11.8 Å². The van der Waals surface area contributed by atoms with Crippen LogP contribution in [0.2, 0.25) is 0 Å². The van der Waals surface area contributed by atoms with Crippen LogP contribution in [0.25, 0.3) is 6.08 Å². The average Bonchev–Trinajstić information content (AvgIpc) is 2.80. The van der Waals surface area contributed by atoms with Gasteiger partial charge in [-0.3, -0.25) is 14.9 Å². The first-order valence-corrected chi connectivity index (χ1v) is 10.9. The molecule has 0 saturated carbocycles. The first-order chi connectivity index (χ1) is 15.7. The van der Waals surface area contributed by atoms with Crippen LogP contribution < -0.4 is 9.50 Å². The molecule has 0 unspecified atom stereocenters. The van der Waals surface area contributed by atoms with Crippen molar-refractivity contribution in [2.75, 3.05) is 5.32 Å². The highest BCUT2D eigenvalue weighted by Gasteiger charge is 2.19. The normalized spacial score (nSPS) is 11.3. The van der Waals surface area contributed by atoms with Crippen LogP contribution in [0.3, 0.4) is 0 Å². The van der Waals surface area contributed by atoms with Crippen LogP contribution in [0, 0.1) is 28.4 Å². The third kappa shape index (κ3) is 5.81. The smallest absolute Gasteiger partial charge is 0.339 e. The Labute approximate surface area is 189 Å². The van der Waals surface area contributed by atoms with Crippen molar-refractivity contribution in [1.29, 1.82) is 5.26 Å². The molecular formula is C23H17N3O6S. The molecule has 0 heterocycles. The third-order valence-corrected chi connectivity index (χ3v) is 5.65. The van der Waals surface area contributed by atoms with Gasteiger partial charge in [-0.25, -0.2) is 0 Å². The predicted octanol–water partition coefficient (Wildman–Crippen LogP) is 4.22. The molecule has 0 aliphatic carbocycles. The molecule has 0 fully saturated rings. The van der Waals surface area contributed by atoms with E-state index < -0.39 is 20.9 Å². The number of hydrogen-bond acceptors (Lipinski definition) is 7. The average molecular weight is 463 g/mol. The Kier molecular flexibility index (Phi) is 6.85. The second kappa shape index (κ2) is 9.76. The van der Waals surface area contributed by atoms with Gasteiger partial charge in [0.25, 0.3) is 11.6 Å². The summed E-state index contributed by atoms with van der Waals surface area (Å²) in [6.45, 7) is 1.68. The highest BCUT2D eigenvalue weighted by atomic mass is 32.2. The van der Waals surface area contributed by atoms with Gasteiger partial charge in [0.05, 0.1) is 4.92 Å². The molecule has 1 amide bonds. The minimum Gasteiger partial charge on any atom is -0.379 e. The molecule has 3 rings (SSSR count). The SMILES string of the molecule is Cc1ccc(NC(=O)/C(C#N)=C/c2ccc(OS(=O)(=O)c3ccccc3)cc2)c([N+](=O)[O-])c1. The monoisotopic (exact) mass is 463 g/mol. The number of carbonyl (C=O) groups is 1. The van der Waals surface area contributed by atoms with Crippen LogP contribution >= 0.6 is 0 Å². The highest BCUT2D eigenvalue weighted by Crippen LogP contribution is 2.26. The highest BCUT2D eigenvalue weighted by molar-refractivity contribution is 7.87. The Hall–Kier alpha value is -4.49. The van der Waals surface area contributed by atoms with Gasteiger partial charge in [0.15, 0.2) is 0 Å². The lowest BCUT2D eigenvalue weighted by Crippen LogP contribution is -2.14. The van der Waals surface area contributed by atoms with Gasteiger partial charge >= 0.3 is 10.1 Å². The number of nitriles is 1. The fraction of sp³-hybridized carbons (Fsp3) is 0.0435. The number of nitrogens with one attached hydrogen (secondary N) is 1. The molecule has 9 nitrogen and oxygen atoms in total. The fourth-order valence-electron chi connectivity index (χ4n) is 2.78. The van der Waals surface area contributed by atoms with Gasteiger partial charge < -0.3 is 9.50 Å². The molecule has 0 aliphatic rings. The molecule has 0 bridgehead atoms. The Morgan fingerprint density at radius 1 is 1.09 bits per heavy atom. The van der Waals surface area contributed by atoms with Crippen LogP contribution in [0.15, 0.2) is 83.3 Å². The summed E-state index contributed by atoms with van der Waals surface area (Å²) in [5, 5.41) is 23.0. The quantitative estimate of drug-likeness (QED) is 0.182. The second-order valence-corrected chi connectivity index (χ2v) is 8.37. The van der Waals surface area contributed by atoms with E-state index in [2.05, 4.69) is 5.32 Å². The van der Waals surface area contributed by atoms with Crippen LogP contribution in [-0.4, -0.2) is 19.2 Å². The topological polar surface area (TPSA) is 139 Å². The van der Waals surface area contributed by atoms with Gasteiger partial charge in [0.1, 0.15) is 28.0 Å². The lowest BCUT2D eigenvalue weighted by atomic mass is 10.1. The Bertz CT molecular complexity index is 1380. The van der Waals surface area contributed by atoms with Gasteiger partial charge in [-0.15, -0.1) is 0 Å². The molecule has 0 atom stereocenters. The summed E-state index contributed by atoms with van der Waals surface area (Å²) in [5.74, 6) is -0.773. The molecule has 3 aromatic carbocycles. The lowest BCUT2D eigenvalue weighted by Gasteiger charge is -2.08. The third-order valence-electron chi connectivity index (χ3n) is 4.39. The number of rotatable bonds is 7. The number of aryl methyl sites for hydroxylation is 1. The van der Waals surface area contributed by atoms with E-state index in [-0.39, 0.29) is 27.6 Å². The number of nitro groups is 1. The Morgan fingerprint density at radius 2 is 1.76 bits per heavy atom. The number of nitro benzene ring substituents is 1. The van der Waals surface area contributed by atoms with E-state index in [1.165, 1.54) is 54.6 Å². The number of nitrogens with zero attached hydrogens (tertiary/aromatic N) is 2. The first kappa shape index (κ1) is 23.2. The van der Waals surface area contributed by atoms with Crippen LogP contribution in [0.4, 0.5) is 11.4 Å².